The molecule has 2 amide bonds. The van der Waals surface area contributed by atoms with Crippen LogP contribution in [0.3, 0.4) is 0 Å². The van der Waals surface area contributed by atoms with Crippen LogP contribution >= 0.6 is 0 Å². The summed E-state index contributed by atoms with van der Waals surface area (Å²) in [6.07, 6.45) is 6.91. The average molecular weight is 249 g/mol. The molecular weight excluding hydrogens is 230 g/mol. The molecule has 2 N–H and O–H groups in total. The van der Waals surface area contributed by atoms with Gasteiger partial charge in [-0.15, -0.1) is 0 Å². The van der Waals surface area contributed by atoms with Gasteiger partial charge in [0.15, 0.2) is 0 Å². The number of aromatic nitrogens is 1. The summed E-state index contributed by atoms with van der Waals surface area (Å²) in [6, 6.07) is 4.08. The molecule has 1 aromatic heterocycles. The summed E-state index contributed by atoms with van der Waals surface area (Å²) in [5.74, 6) is 0. The molecule has 0 radical (unpaired) electrons. The van der Waals surface area contributed by atoms with Gasteiger partial charge in [-0.05, 0) is 37.3 Å². The van der Waals surface area contributed by atoms with Gasteiger partial charge < -0.3 is 10.6 Å². The van der Waals surface area contributed by atoms with E-state index in [2.05, 4.69) is 21.7 Å². The number of pyridine rings is 1. The maximum absolute atomic E-state index is 10.1. The minimum absolute atomic E-state index is 0.685. The lowest BCUT2D eigenvalue weighted by atomic mass is 10.1. The first-order chi connectivity index (χ1) is 8.86. The number of rotatable bonds is 10. The number of carbonyl (C=O) groups excluding carboxylic acids is 2. The Morgan fingerprint density at radius 2 is 1.67 bits per heavy atom. The maximum atomic E-state index is 10.1. The highest BCUT2D eigenvalue weighted by Crippen LogP contribution is 2.04. The lowest BCUT2D eigenvalue weighted by molar-refractivity contribution is -0.110. The maximum Gasteiger partial charge on any atom is 0.207 e. The number of aryl methyl sites for hydroxylation is 2. The minimum Gasteiger partial charge on any atom is -0.359 e. The minimum atomic E-state index is 0.685. The van der Waals surface area contributed by atoms with Crippen LogP contribution in [0.25, 0.3) is 0 Å². The van der Waals surface area contributed by atoms with Crippen molar-refractivity contribution in [3.8, 4) is 0 Å². The number of nitrogens with one attached hydrogen (secondary N) is 2. The summed E-state index contributed by atoms with van der Waals surface area (Å²) in [5.41, 5.74) is 2.22. The predicted octanol–water partition coefficient (Wildman–Crippen LogP) is 0.439. The van der Waals surface area contributed by atoms with Crippen molar-refractivity contribution < 1.29 is 9.59 Å². The van der Waals surface area contributed by atoms with Crippen LogP contribution in [-0.2, 0) is 22.4 Å². The smallest absolute Gasteiger partial charge is 0.207 e. The van der Waals surface area contributed by atoms with E-state index in [1.54, 1.807) is 0 Å². The highest BCUT2D eigenvalue weighted by atomic mass is 16.1. The summed E-state index contributed by atoms with van der Waals surface area (Å²) in [7, 11) is 0. The number of hydrogen-bond acceptors (Lipinski definition) is 3. The van der Waals surface area contributed by atoms with E-state index in [1.165, 1.54) is 5.56 Å². The Bertz CT molecular complexity index is 317. The van der Waals surface area contributed by atoms with Gasteiger partial charge >= 0.3 is 0 Å². The molecule has 0 spiro atoms. The van der Waals surface area contributed by atoms with E-state index in [0.29, 0.717) is 25.9 Å². The van der Waals surface area contributed by atoms with Crippen LogP contribution in [0.5, 0.6) is 0 Å². The zero-order valence-electron chi connectivity index (χ0n) is 10.4. The summed E-state index contributed by atoms with van der Waals surface area (Å²) in [4.78, 5) is 24.5. The van der Waals surface area contributed by atoms with Crippen LogP contribution in [0.15, 0.2) is 18.3 Å². The van der Waals surface area contributed by atoms with Crippen LogP contribution < -0.4 is 10.6 Å². The molecule has 5 heteroatoms. The fourth-order valence-corrected chi connectivity index (χ4v) is 1.63. The Balaban J connectivity index is 2.24. The quantitative estimate of drug-likeness (QED) is 0.467. The van der Waals surface area contributed by atoms with Gasteiger partial charge in [0.2, 0.25) is 12.8 Å². The van der Waals surface area contributed by atoms with Gasteiger partial charge in [0.25, 0.3) is 0 Å². The van der Waals surface area contributed by atoms with Crippen molar-refractivity contribution in [2.75, 3.05) is 13.1 Å². The molecule has 0 bridgehead atoms. The third-order valence-electron chi connectivity index (χ3n) is 2.59. The third-order valence-corrected chi connectivity index (χ3v) is 2.59. The molecule has 1 heterocycles. The first-order valence-corrected chi connectivity index (χ1v) is 6.14. The van der Waals surface area contributed by atoms with Gasteiger partial charge in [-0.3, -0.25) is 14.6 Å². The van der Waals surface area contributed by atoms with Gasteiger partial charge in [0.1, 0.15) is 0 Å². The lowest BCUT2D eigenvalue weighted by Gasteiger charge is -2.03. The van der Waals surface area contributed by atoms with Gasteiger partial charge in [-0.25, -0.2) is 0 Å². The van der Waals surface area contributed by atoms with Crippen molar-refractivity contribution in [3.05, 3.63) is 29.6 Å². The summed E-state index contributed by atoms with van der Waals surface area (Å²) in [6.45, 7) is 1.38. The molecule has 1 rings (SSSR count). The molecule has 0 aliphatic rings. The molecule has 0 aromatic carbocycles. The van der Waals surface area contributed by atoms with E-state index in [1.807, 2.05) is 12.3 Å². The second-order valence-electron chi connectivity index (χ2n) is 4.01. The molecule has 0 atom stereocenters. The van der Waals surface area contributed by atoms with Crippen molar-refractivity contribution >= 4 is 12.8 Å². The van der Waals surface area contributed by atoms with Gasteiger partial charge in [0.05, 0.1) is 0 Å². The SMILES string of the molecule is O=CNCCCc1ccc(CCCNC=O)nc1. The Morgan fingerprint density at radius 1 is 1.00 bits per heavy atom. The van der Waals surface area contributed by atoms with Crippen molar-refractivity contribution in [2.24, 2.45) is 0 Å². The molecule has 0 aliphatic heterocycles. The molecule has 0 saturated carbocycles. The number of amides is 2. The van der Waals surface area contributed by atoms with Crippen molar-refractivity contribution in [2.45, 2.75) is 25.7 Å². The normalized spacial score (nSPS) is 9.78. The Hall–Kier alpha value is -1.91. The Labute approximate surface area is 107 Å². The summed E-state index contributed by atoms with van der Waals surface area (Å²) >= 11 is 0. The first kappa shape index (κ1) is 14.2. The van der Waals surface area contributed by atoms with Gasteiger partial charge in [-0.2, -0.15) is 0 Å². The Kier molecular flexibility index (Phi) is 7.20. The van der Waals surface area contributed by atoms with E-state index in [4.69, 9.17) is 0 Å². The molecule has 18 heavy (non-hydrogen) atoms. The van der Waals surface area contributed by atoms with E-state index in [9.17, 15) is 9.59 Å². The van der Waals surface area contributed by atoms with Gasteiger partial charge in [-0.1, -0.05) is 6.07 Å². The van der Waals surface area contributed by atoms with Crippen LogP contribution in [-0.4, -0.2) is 30.9 Å². The van der Waals surface area contributed by atoms with Crippen molar-refractivity contribution in [1.82, 2.24) is 15.6 Å². The van der Waals surface area contributed by atoms with E-state index in [-0.39, 0.29) is 0 Å². The zero-order chi connectivity index (χ0) is 13.1. The lowest BCUT2D eigenvalue weighted by Crippen LogP contribution is -2.13. The van der Waals surface area contributed by atoms with E-state index < -0.39 is 0 Å². The molecule has 5 nitrogen and oxygen atoms in total. The van der Waals surface area contributed by atoms with Crippen LogP contribution in [0.2, 0.25) is 0 Å². The largest absolute Gasteiger partial charge is 0.359 e. The third kappa shape index (κ3) is 5.98. The molecule has 0 unspecified atom stereocenters. The monoisotopic (exact) mass is 249 g/mol. The van der Waals surface area contributed by atoms with Crippen LogP contribution in [0, 0.1) is 0 Å². The first-order valence-electron chi connectivity index (χ1n) is 6.14. The average Bonchev–Trinajstić information content (AvgIpc) is 2.41. The standard InChI is InChI=1S/C13H19N3O2/c17-10-14-7-1-3-12-5-6-13(16-9-12)4-2-8-15-11-18/h5-6,9-11H,1-4,7-8H2,(H,14,17)(H,15,18). The number of hydrogen-bond donors (Lipinski definition) is 2. The van der Waals surface area contributed by atoms with Crippen molar-refractivity contribution in [1.29, 1.82) is 0 Å². The summed E-state index contributed by atoms with van der Waals surface area (Å²) in [5, 5.41) is 5.26. The number of nitrogens with zero attached hydrogens (tertiary/aromatic N) is 1. The number of carbonyl (C=O) groups is 2. The van der Waals surface area contributed by atoms with Crippen molar-refractivity contribution in [3.63, 3.8) is 0 Å². The fourth-order valence-electron chi connectivity index (χ4n) is 1.63. The predicted molar refractivity (Wildman–Crippen MR) is 69.0 cm³/mol. The van der Waals surface area contributed by atoms with Crippen LogP contribution in [0.1, 0.15) is 24.1 Å². The highest BCUT2D eigenvalue weighted by molar-refractivity contribution is 5.45. The molecular formula is C13H19N3O2. The summed E-state index contributed by atoms with van der Waals surface area (Å²) < 4.78 is 0. The van der Waals surface area contributed by atoms with E-state index >= 15 is 0 Å². The second-order valence-corrected chi connectivity index (χ2v) is 4.01. The topological polar surface area (TPSA) is 71.1 Å². The molecule has 98 valence electrons. The highest BCUT2D eigenvalue weighted by Gasteiger charge is 1.97. The molecule has 1 aromatic rings. The fraction of sp³-hybridized carbons (Fsp3) is 0.462. The van der Waals surface area contributed by atoms with Crippen LogP contribution in [0.4, 0.5) is 0 Å². The molecule has 0 saturated heterocycles. The van der Waals surface area contributed by atoms with E-state index in [0.717, 1.165) is 31.4 Å². The van der Waals surface area contributed by atoms with Gasteiger partial charge in [0, 0.05) is 25.0 Å². The Morgan fingerprint density at radius 3 is 2.22 bits per heavy atom. The second kappa shape index (κ2) is 9.15. The molecule has 0 aliphatic carbocycles. The molecule has 0 fully saturated rings. The zero-order valence-corrected chi connectivity index (χ0v) is 10.4.